The second-order valence-electron chi connectivity index (χ2n) is 7.18. The number of H-pyrrole nitrogens is 1. The van der Waals surface area contributed by atoms with Crippen LogP contribution in [-0.2, 0) is 4.79 Å². The Labute approximate surface area is 205 Å². The zero-order valence-corrected chi connectivity index (χ0v) is 19.8. The van der Waals surface area contributed by atoms with Crippen LogP contribution in [0.25, 0.3) is 10.9 Å². The lowest BCUT2D eigenvalue weighted by Crippen LogP contribution is -2.32. The van der Waals surface area contributed by atoms with Gasteiger partial charge in [0.2, 0.25) is 0 Å². The highest BCUT2D eigenvalue weighted by atomic mass is 79.9. The quantitative estimate of drug-likeness (QED) is 0.348. The summed E-state index contributed by atoms with van der Waals surface area (Å²) in [6.45, 7) is -0.469. The Kier molecular flexibility index (Phi) is 7.06. The average molecular weight is 541 g/mol. The van der Waals surface area contributed by atoms with Crippen LogP contribution in [0.2, 0.25) is 0 Å². The van der Waals surface area contributed by atoms with Crippen molar-refractivity contribution < 1.29 is 18.7 Å². The Balaban J connectivity index is 1.64. The third kappa shape index (κ3) is 5.30. The molecule has 11 heteroatoms. The molecular weight excluding hydrogens is 523 g/mol. The van der Waals surface area contributed by atoms with Gasteiger partial charge in [-0.25, -0.2) is 9.18 Å². The number of nitrogens with zero attached hydrogens (tertiary/aromatic N) is 2. The van der Waals surface area contributed by atoms with E-state index >= 15 is 0 Å². The van der Waals surface area contributed by atoms with E-state index in [1.165, 1.54) is 31.5 Å². The number of ether oxygens (including phenoxy) is 2. The molecule has 0 spiro atoms. The van der Waals surface area contributed by atoms with E-state index in [9.17, 15) is 18.8 Å². The third-order valence-electron chi connectivity index (χ3n) is 4.86. The normalized spacial score (nSPS) is 11.1. The molecule has 0 saturated heterocycles. The van der Waals surface area contributed by atoms with Gasteiger partial charge in [0.1, 0.15) is 5.82 Å². The van der Waals surface area contributed by atoms with E-state index in [0.717, 1.165) is 0 Å². The molecule has 4 aromatic rings. The van der Waals surface area contributed by atoms with E-state index in [1.807, 2.05) is 0 Å². The van der Waals surface area contributed by atoms with Crippen molar-refractivity contribution in [3.63, 3.8) is 0 Å². The zero-order valence-electron chi connectivity index (χ0n) is 18.2. The first-order valence-corrected chi connectivity index (χ1v) is 11.0. The van der Waals surface area contributed by atoms with Crippen molar-refractivity contribution in [1.29, 1.82) is 0 Å². The molecule has 0 saturated carbocycles. The monoisotopic (exact) mass is 540 g/mol. The Morgan fingerprint density at radius 1 is 1.17 bits per heavy atom. The number of para-hydroxylation sites is 2. The molecule has 0 radical (unpaired) electrons. The molecule has 9 nitrogen and oxygen atoms in total. The summed E-state index contributed by atoms with van der Waals surface area (Å²) in [5.41, 5.74) is -0.606. The van der Waals surface area contributed by atoms with Crippen LogP contribution in [0.5, 0.6) is 11.5 Å². The number of carbonyl (C=O) groups excluding carboxylic acids is 1. The second-order valence-corrected chi connectivity index (χ2v) is 8.10. The molecule has 4 rings (SSSR count). The summed E-state index contributed by atoms with van der Waals surface area (Å²) in [5, 5.41) is 6.75. The Morgan fingerprint density at radius 3 is 2.69 bits per heavy atom. The van der Waals surface area contributed by atoms with E-state index in [-0.39, 0.29) is 22.6 Å². The number of halogens is 2. The van der Waals surface area contributed by atoms with Crippen LogP contribution >= 0.6 is 15.9 Å². The molecule has 178 valence electrons. The third-order valence-corrected chi connectivity index (χ3v) is 5.32. The summed E-state index contributed by atoms with van der Waals surface area (Å²) in [5.74, 6) is -0.793. The molecule has 0 aliphatic rings. The van der Waals surface area contributed by atoms with Crippen molar-refractivity contribution in [2.45, 2.75) is 0 Å². The van der Waals surface area contributed by atoms with Crippen molar-refractivity contribution in [3.8, 4) is 11.5 Å². The van der Waals surface area contributed by atoms with Gasteiger partial charge in [0, 0.05) is 10.0 Å². The number of hydrogen-bond acceptors (Lipinski definition) is 6. The van der Waals surface area contributed by atoms with Gasteiger partial charge in [0.25, 0.3) is 11.5 Å². The lowest BCUT2D eigenvalue weighted by Gasteiger charge is -2.14. The minimum absolute atomic E-state index is 0.0144. The number of carbonyl (C=O) groups is 1. The summed E-state index contributed by atoms with van der Waals surface area (Å²) in [4.78, 5) is 40.1. The number of methoxy groups -OCH3 is 1. The molecule has 1 heterocycles. The highest BCUT2D eigenvalue weighted by Crippen LogP contribution is 2.34. The topological polar surface area (TPSA) is 115 Å². The van der Waals surface area contributed by atoms with Crippen molar-refractivity contribution >= 4 is 44.6 Å². The fourth-order valence-electron chi connectivity index (χ4n) is 3.26. The first-order chi connectivity index (χ1) is 16.9. The number of aromatic nitrogens is 2. The van der Waals surface area contributed by atoms with E-state index in [2.05, 4.69) is 31.3 Å². The van der Waals surface area contributed by atoms with E-state index in [4.69, 9.17) is 9.47 Å². The van der Waals surface area contributed by atoms with E-state index in [1.54, 1.807) is 42.5 Å². The molecule has 1 aromatic heterocycles. The molecule has 0 bridgehead atoms. The molecule has 0 atom stereocenters. The summed E-state index contributed by atoms with van der Waals surface area (Å²) < 4.78 is 26.1. The van der Waals surface area contributed by atoms with Gasteiger partial charge in [0.05, 0.1) is 29.9 Å². The van der Waals surface area contributed by atoms with Crippen molar-refractivity contribution in [3.05, 3.63) is 97.4 Å². The van der Waals surface area contributed by atoms with Crippen LogP contribution in [0.4, 0.5) is 10.1 Å². The van der Waals surface area contributed by atoms with Gasteiger partial charge in [-0.15, -0.1) is 4.68 Å². The minimum Gasteiger partial charge on any atom is -0.493 e. The first-order valence-electron chi connectivity index (χ1n) is 10.2. The maximum absolute atomic E-state index is 13.8. The first kappa shape index (κ1) is 23.9. The summed E-state index contributed by atoms with van der Waals surface area (Å²) in [6.07, 6.45) is 1.24. The Bertz CT molecular complexity index is 1560. The van der Waals surface area contributed by atoms with Crippen LogP contribution in [0.3, 0.4) is 0 Å². The molecular formula is C24H18BrFN4O5. The van der Waals surface area contributed by atoms with E-state index < -0.39 is 29.6 Å². The highest BCUT2D eigenvalue weighted by Gasteiger charge is 2.15. The van der Waals surface area contributed by atoms with Crippen molar-refractivity contribution in [2.24, 2.45) is 5.10 Å². The second kappa shape index (κ2) is 10.3. The van der Waals surface area contributed by atoms with Crippen LogP contribution in [-0.4, -0.2) is 35.5 Å². The number of hydrogen-bond donors (Lipinski definition) is 2. The molecule has 3 aromatic carbocycles. The van der Waals surface area contributed by atoms with Gasteiger partial charge in [-0.05, 0) is 36.4 Å². The predicted octanol–water partition coefficient (Wildman–Crippen LogP) is 3.50. The van der Waals surface area contributed by atoms with Crippen molar-refractivity contribution in [1.82, 2.24) is 9.66 Å². The predicted molar refractivity (Wildman–Crippen MR) is 133 cm³/mol. The number of fused-ring (bicyclic) bond motifs is 1. The van der Waals surface area contributed by atoms with Gasteiger partial charge < -0.3 is 19.8 Å². The average Bonchev–Trinajstić information content (AvgIpc) is 2.84. The summed E-state index contributed by atoms with van der Waals surface area (Å²) in [7, 11) is 1.41. The SMILES string of the molecule is COc1cc(Br)cc(C=Nn2c(=O)[nH]c3ccccc3c2=O)c1OCC(=O)Nc1ccccc1F. The van der Waals surface area contributed by atoms with Gasteiger partial charge in [-0.1, -0.05) is 40.2 Å². The maximum Gasteiger partial charge on any atom is 0.349 e. The fourth-order valence-corrected chi connectivity index (χ4v) is 3.71. The fraction of sp³-hybridized carbons (Fsp3) is 0.0833. The minimum atomic E-state index is -0.723. The lowest BCUT2D eigenvalue weighted by molar-refractivity contribution is -0.118. The van der Waals surface area contributed by atoms with Crippen LogP contribution < -0.4 is 26.0 Å². The molecule has 0 unspecified atom stereocenters. The lowest BCUT2D eigenvalue weighted by atomic mass is 10.2. The van der Waals surface area contributed by atoms with Gasteiger partial charge >= 0.3 is 5.69 Å². The highest BCUT2D eigenvalue weighted by molar-refractivity contribution is 9.10. The largest absolute Gasteiger partial charge is 0.493 e. The molecule has 0 aliphatic heterocycles. The maximum atomic E-state index is 13.8. The van der Waals surface area contributed by atoms with Gasteiger partial charge in [0.15, 0.2) is 18.1 Å². The number of amides is 1. The zero-order chi connectivity index (χ0) is 24.9. The molecule has 0 aliphatic carbocycles. The van der Waals surface area contributed by atoms with E-state index in [0.29, 0.717) is 20.2 Å². The summed E-state index contributed by atoms with van der Waals surface area (Å²) in [6, 6.07) is 15.5. The number of rotatable bonds is 7. The smallest absolute Gasteiger partial charge is 0.349 e. The van der Waals surface area contributed by atoms with Crippen molar-refractivity contribution in [2.75, 3.05) is 19.0 Å². The summed E-state index contributed by atoms with van der Waals surface area (Å²) >= 11 is 3.35. The van der Waals surface area contributed by atoms with Crippen LogP contribution in [0.1, 0.15) is 5.56 Å². The van der Waals surface area contributed by atoms with Gasteiger partial charge in [-0.3, -0.25) is 9.59 Å². The van der Waals surface area contributed by atoms with Crippen LogP contribution in [0, 0.1) is 5.82 Å². The number of nitrogens with one attached hydrogen (secondary N) is 2. The number of aromatic amines is 1. The Morgan fingerprint density at radius 2 is 1.91 bits per heavy atom. The number of anilines is 1. The standard InChI is InChI=1S/C24H18BrFN4O5/c1-34-20-11-15(25)10-14(22(20)35-13-21(31)28-19-9-5-3-7-17(19)26)12-27-30-23(32)16-6-2-4-8-18(16)29-24(30)33/h2-12H,13H2,1H3,(H,28,31)(H,29,33). The Hall–Kier alpha value is -4.25. The molecule has 35 heavy (non-hydrogen) atoms. The van der Waals surface area contributed by atoms with Gasteiger partial charge in [-0.2, -0.15) is 5.10 Å². The number of benzene rings is 3. The molecule has 0 fully saturated rings. The van der Waals surface area contributed by atoms with Crippen LogP contribution in [0.15, 0.2) is 79.8 Å². The molecule has 2 N–H and O–H groups in total. The molecule has 1 amide bonds.